The van der Waals surface area contributed by atoms with E-state index in [9.17, 15) is 13.2 Å². The summed E-state index contributed by atoms with van der Waals surface area (Å²) in [5.74, 6) is 0. The molecule has 1 aliphatic heterocycles. The van der Waals surface area contributed by atoms with Crippen molar-refractivity contribution in [3.05, 3.63) is 0 Å². The number of hydrogen-bond donors (Lipinski definition) is 1. The van der Waals surface area contributed by atoms with Crippen LogP contribution in [0.1, 0.15) is 47.0 Å². The summed E-state index contributed by atoms with van der Waals surface area (Å²) in [6.07, 6.45) is 1.99. The predicted octanol–water partition coefficient (Wildman–Crippen LogP) is 1.32. The predicted molar refractivity (Wildman–Crippen MR) is 83.7 cm³/mol. The molecule has 1 aliphatic carbocycles. The second kappa shape index (κ2) is 5.98. The van der Waals surface area contributed by atoms with Gasteiger partial charge < -0.3 is 9.64 Å². The highest BCUT2D eigenvalue weighted by atomic mass is 32.2. The van der Waals surface area contributed by atoms with E-state index >= 15 is 0 Å². The zero-order chi connectivity index (χ0) is 16.6. The number of carbonyl (C=O) groups is 1. The molecule has 0 unspecified atom stereocenters. The van der Waals surface area contributed by atoms with Crippen molar-refractivity contribution in [3.8, 4) is 0 Å². The normalized spacial score (nSPS) is 23.0. The maximum absolute atomic E-state index is 12.4. The first kappa shape index (κ1) is 17.5. The molecule has 7 nitrogen and oxygen atoms in total. The fourth-order valence-corrected chi connectivity index (χ4v) is 3.96. The van der Waals surface area contributed by atoms with Crippen LogP contribution in [0.15, 0.2) is 0 Å². The summed E-state index contributed by atoms with van der Waals surface area (Å²) < 4.78 is 34.3. The molecule has 2 aliphatic rings. The average molecular weight is 333 g/mol. The van der Waals surface area contributed by atoms with Crippen LogP contribution in [0.25, 0.3) is 0 Å². The fraction of sp³-hybridized carbons (Fsp3) is 0.929. The molecule has 0 spiro atoms. The van der Waals surface area contributed by atoms with Gasteiger partial charge in [-0.3, -0.25) is 0 Å². The monoisotopic (exact) mass is 333 g/mol. The van der Waals surface area contributed by atoms with Crippen LogP contribution < -0.4 is 4.72 Å². The molecule has 1 amide bonds. The number of ether oxygens (including phenoxy) is 1. The molecular formula is C14H27N3O4S. The topological polar surface area (TPSA) is 79.0 Å². The van der Waals surface area contributed by atoms with Crippen LogP contribution in [-0.4, -0.2) is 61.0 Å². The van der Waals surface area contributed by atoms with Crippen molar-refractivity contribution in [2.75, 3.05) is 26.2 Å². The highest BCUT2D eigenvalue weighted by Gasteiger charge is 2.42. The summed E-state index contributed by atoms with van der Waals surface area (Å²) in [7, 11) is -3.48. The Labute approximate surface area is 133 Å². The highest BCUT2D eigenvalue weighted by Crippen LogP contribution is 2.35. The van der Waals surface area contributed by atoms with Gasteiger partial charge in [-0.2, -0.15) is 17.4 Å². The second-order valence-electron chi connectivity index (χ2n) is 7.39. The minimum Gasteiger partial charge on any atom is -0.444 e. The highest BCUT2D eigenvalue weighted by molar-refractivity contribution is 7.87. The number of amides is 1. The molecule has 0 atom stereocenters. The molecule has 2 fully saturated rings. The summed E-state index contributed by atoms with van der Waals surface area (Å²) in [5.41, 5.74) is -0.826. The van der Waals surface area contributed by atoms with Gasteiger partial charge in [0, 0.05) is 31.7 Å². The number of hydrogen-bond acceptors (Lipinski definition) is 4. The third-order valence-electron chi connectivity index (χ3n) is 3.82. The SMILES string of the molecule is CC1(NS(=O)(=O)N2CCCN(C(=O)OC(C)(C)C)CC2)CC1. The largest absolute Gasteiger partial charge is 0.444 e. The fourth-order valence-electron chi connectivity index (χ4n) is 2.31. The van der Waals surface area contributed by atoms with Gasteiger partial charge in [0.25, 0.3) is 10.2 Å². The number of nitrogens with zero attached hydrogens (tertiary/aromatic N) is 2. The first-order valence-electron chi connectivity index (χ1n) is 7.78. The Morgan fingerprint density at radius 1 is 1.14 bits per heavy atom. The summed E-state index contributed by atoms with van der Waals surface area (Å²) >= 11 is 0. The third-order valence-corrected chi connectivity index (χ3v) is 5.62. The molecule has 128 valence electrons. The first-order valence-corrected chi connectivity index (χ1v) is 9.22. The van der Waals surface area contributed by atoms with Crippen LogP contribution in [0.2, 0.25) is 0 Å². The lowest BCUT2D eigenvalue weighted by Gasteiger charge is -2.26. The molecule has 2 rings (SSSR count). The Bertz CT molecular complexity index is 523. The minimum absolute atomic E-state index is 0.282. The number of rotatable bonds is 3. The Morgan fingerprint density at radius 2 is 1.77 bits per heavy atom. The standard InChI is InChI=1S/C14H27N3O4S/c1-13(2,3)21-12(18)16-8-5-9-17(11-10-16)22(19,20)15-14(4)6-7-14/h15H,5-11H2,1-4H3. The van der Waals surface area contributed by atoms with Crippen molar-refractivity contribution in [2.24, 2.45) is 0 Å². The van der Waals surface area contributed by atoms with Gasteiger partial charge in [-0.25, -0.2) is 4.79 Å². The maximum atomic E-state index is 12.4. The summed E-state index contributed by atoms with van der Waals surface area (Å²) in [4.78, 5) is 13.7. The Balaban J connectivity index is 1.93. The third kappa shape index (κ3) is 4.82. The molecule has 0 bridgehead atoms. The smallest absolute Gasteiger partial charge is 0.410 e. The summed E-state index contributed by atoms with van der Waals surface area (Å²) in [6, 6.07) is 0. The number of nitrogens with one attached hydrogen (secondary N) is 1. The van der Waals surface area contributed by atoms with E-state index in [1.807, 2.05) is 27.7 Å². The average Bonchev–Trinajstić information content (AvgIpc) is 3.08. The van der Waals surface area contributed by atoms with Crippen molar-refractivity contribution < 1.29 is 17.9 Å². The van der Waals surface area contributed by atoms with E-state index < -0.39 is 15.8 Å². The van der Waals surface area contributed by atoms with Gasteiger partial charge in [-0.15, -0.1) is 0 Å². The van der Waals surface area contributed by atoms with Crippen molar-refractivity contribution in [1.82, 2.24) is 13.9 Å². The van der Waals surface area contributed by atoms with Crippen molar-refractivity contribution >= 4 is 16.3 Å². The Morgan fingerprint density at radius 3 is 2.32 bits per heavy atom. The molecule has 0 aromatic heterocycles. The van der Waals surface area contributed by atoms with Gasteiger partial charge in [0.2, 0.25) is 0 Å². The molecule has 1 heterocycles. The Kier molecular flexibility index (Phi) is 4.75. The van der Waals surface area contributed by atoms with E-state index in [1.165, 1.54) is 4.31 Å². The van der Waals surface area contributed by atoms with E-state index in [1.54, 1.807) is 4.90 Å². The number of carbonyl (C=O) groups excluding carboxylic acids is 1. The lowest BCUT2D eigenvalue weighted by molar-refractivity contribution is 0.0260. The lowest BCUT2D eigenvalue weighted by Crippen LogP contribution is -2.47. The zero-order valence-corrected chi connectivity index (χ0v) is 14.7. The van der Waals surface area contributed by atoms with Crippen molar-refractivity contribution in [3.63, 3.8) is 0 Å². The van der Waals surface area contributed by atoms with Crippen LogP contribution in [-0.2, 0) is 14.9 Å². The van der Waals surface area contributed by atoms with Gasteiger partial charge >= 0.3 is 6.09 Å². The molecule has 1 saturated heterocycles. The lowest BCUT2D eigenvalue weighted by atomic mass is 10.2. The van der Waals surface area contributed by atoms with Gasteiger partial charge in [-0.1, -0.05) is 0 Å². The molecule has 1 N–H and O–H groups in total. The van der Waals surface area contributed by atoms with E-state index in [2.05, 4.69) is 4.72 Å². The molecular weight excluding hydrogens is 306 g/mol. The van der Waals surface area contributed by atoms with E-state index in [0.29, 0.717) is 32.6 Å². The van der Waals surface area contributed by atoms with Gasteiger partial charge in [0.1, 0.15) is 5.60 Å². The van der Waals surface area contributed by atoms with Crippen LogP contribution in [0.4, 0.5) is 4.79 Å². The van der Waals surface area contributed by atoms with Gasteiger partial charge in [0.05, 0.1) is 0 Å². The van der Waals surface area contributed by atoms with Crippen LogP contribution in [0, 0.1) is 0 Å². The van der Waals surface area contributed by atoms with E-state index in [4.69, 9.17) is 4.74 Å². The van der Waals surface area contributed by atoms with Crippen LogP contribution >= 0.6 is 0 Å². The van der Waals surface area contributed by atoms with Gasteiger partial charge in [0.15, 0.2) is 0 Å². The summed E-state index contributed by atoms with van der Waals surface area (Å²) in [6.45, 7) is 8.95. The van der Waals surface area contributed by atoms with Crippen LogP contribution in [0.3, 0.4) is 0 Å². The molecule has 0 radical (unpaired) electrons. The molecule has 0 aromatic carbocycles. The zero-order valence-electron chi connectivity index (χ0n) is 13.9. The molecule has 1 saturated carbocycles. The second-order valence-corrected chi connectivity index (χ2v) is 9.06. The van der Waals surface area contributed by atoms with Crippen molar-refractivity contribution in [2.45, 2.75) is 58.1 Å². The Hall–Kier alpha value is -0.860. The van der Waals surface area contributed by atoms with Crippen molar-refractivity contribution in [1.29, 1.82) is 0 Å². The molecule has 0 aromatic rings. The van der Waals surface area contributed by atoms with E-state index in [-0.39, 0.29) is 11.6 Å². The quantitative estimate of drug-likeness (QED) is 0.845. The molecule has 22 heavy (non-hydrogen) atoms. The maximum Gasteiger partial charge on any atom is 0.410 e. The molecule has 8 heteroatoms. The first-order chi connectivity index (χ1) is 10.0. The van der Waals surface area contributed by atoms with Gasteiger partial charge in [-0.05, 0) is 47.0 Å². The van der Waals surface area contributed by atoms with E-state index in [0.717, 1.165) is 12.8 Å². The van der Waals surface area contributed by atoms with Crippen LogP contribution in [0.5, 0.6) is 0 Å². The summed E-state index contributed by atoms with van der Waals surface area (Å²) in [5, 5.41) is 0. The minimum atomic E-state index is -3.48.